The van der Waals surface area contributed by atoms with Crippen molar-refractivity contribution in [2.75, 3.05) is 31.1 Å². The van der Waals surface area contributed by atoms with Crippen molar-refractivity contribution >= 4 is 34.5 Å². The van der Waals surface area contributed by atoms with Crippen molar-refractivity contribution in [1.29, 1.82) is 0 Å². The highest BCUT2D eigenvalue weighted by atomic mass is 32.1. The van der Waals surface area contributed by atoms with Crippen LogP contribution in [0.25, 0.3) is 16.9 Å². The van der Waals surface area contributed by atoms with Crippen LogP contribution in [0.4, 0.5) is 5.82 Å². The normalized spacial score (nSPS) is 14.4. The molecule has 1 aliphatic rings. The number of carbonyl (C=O) groups is 1. The molecule has 1 aromatic carbocycles. The molecule has 0 N–H and O–H groups in total. The highest BCUT2D eigenvalue weighted by molar-refractivity contribution is 7.00. The minimum Gasteiger partial charge on any atom is -0.353 e. The van der Waals surface area contributed by atoms with Gasteiger partial charge in [-0.3, -0.25) is 9.36 Å². The average Bonchev–Trinajstić information content (AvgIpc) is 3.39. The second-order valence-corrected chi connectivity index (χ2v) is 8.19. The van der Waals surface area contributed by atoms with Crippen molar-refractivity contribution in [3.63, 3.8) is 0 Å². The predicted octanol–water partition coefficient (Wildman–Crippen LogP) is 2.55. The quantitative estimate of drug-likeness (QED) is 0.489. The van der Waals surface area contributed by atoms with Crippen LogP contribution in [0, 0.1) is 20.8 Å². The summed E-state index contributed by atoms with van der Waals surface area (Å²) < 4.78 is 10.4. The Kier molecular flexibility index (Phi) is 4.85. The fraction of sp³-hybridized carbons (Fsp3) is 0.333. The molecule has 1 saturated heterocycles. The van der Waals surface area contributed by atoms with E-state index in [0.717, 1.165) is 45.8 Å². The number of aromatic nitrogens is 6. The molecule has 10 heteroatoms. The largest absolute Gasteiger partial charge is 0.353 e. The summed E-state index contributed by atoms with van der Waals surface area (Å²) in [6.45, 7) is 8.60. The highest BCUT2D eigenvalue weighted by Crippen LogP contribution is 2.21. The molecule has 5 rings (SSSR count). The molecular formula is C21H22N8OS. The van der Waals surface area contributed by atoms with E-state index in [-0.39, 0.29) is 5.91 Å². The fourth-order valence-corrected chi connectivity index (χ4v) is 4.31. The first-order valence-electron chi connectivity index (χ1n) is 10.1. The lowest BCUT2D eigenvalue weighted by molar-refractivity contribution is 0.0746. The van der Waals surface area contributed by atoms with Crippen molar-refractivity contribution in [1.82, 2.24) is 33.2 Å². The Morgan fingerprint density at radius 2 is 1.68 bits per heavy atom. The second kappa shape index (κ2) is 7.69. The van der Waals surface area contributed by atoms with Crippen molar-refractivity contribution in [3.05, 3.63) is 53.4 Å². The molecule has 0 atom stereocenters. The molecular weight excluding hydrogens is 412 g/mol. The molecule has 0 bridgehead atoms. The Hall–Kier alpha value is -3.40. The van der Waals surface area contributed by atoms with Gasteiger partial charge in [0.2, 0.25) is 0 Å². The van der Waals surface area contributed by atoms with Gasteiger partial charge in [-0.1, -0.05) is 0 Å². The average molecular weight is 435 g/mol. The molecule has 9 nitrogen and oxygen atoms in total. The van der Waals surface area contributed by atoms with Gasteiger partial charge in [0.25, 0.3) is 5.91 Å². The molecule has 1 amide bonds. The lowest BCUT2D eigenvalue weighted by Crippen LogP contribution is -2.49. The number of amides is 1. The van der Waals surface area contributed by atoms with Crippen molar-refractivity contribution < 1.29 is 4.79 Å². The third kappa shape index (κ3) is 3.63. The van der Waals surface area contributed by atoms with Crippen LogP contribution in [0.2, 0.25) is 0 Å². The maximum Gasteiger partial charge on any atom is 0.254 e. The van der Waals surface area contributed by atoms with Gasteiger partial charge in [0, 0.05) is 43.5 Å². The summed E-state index contributed by atoms with van der Waals surface area (Å²) in [5.74, 6) is 2.42. The standard InChI is InChI=1S/C21H22N8OS/c1-13-14(2)29(12-22-13)20-11-19(23-15(3)24-20)27-6-8-28(9-7-27)21(30)16-4-5-17-18(10-16)26-31-25-17/h4-5,10-12H,6-9H2,1-3H3. The Labute approximate surface area is 183 Å². The third-order valence-electron chi connectivity index (χ3n) is 5.70. The first-order chi connectivity index (χ1) is 15.0. The van der Waals surface area contributed by atoms with Gasteiger partial charge in [-0.05, 0) is 39.0 Å². The molecule has 0 aliphatic carbocycles. The van der Waals surface area contributed by atoms with Crippen molar-refractivity contribution in [2.24, 2.45) is 0 Å². The monoisotopic (exact) mass is 434 g/mol. The first kappa shape index (κ1) is 19.6. The molecule has 1 fully saturated rings. The SMILES string of the molecule is Cc1nc(N2CCN(C(=O)c3ccc4nsnc4c3)CC2)cc(-n2cnc(C)c2C)n1. The van der Waals surface area contributed by atoms with Gasteiger partial charge in [0.1, 0.15) is 34.8 Å². The third-order valence-corrected chi connectivity index (χ3v) is 6.26. The van der Waals surface area contributed by atoms with E-state index in [9.17, 15) is 4.79 Å². The van der Waals surface area contributed by atoms with E-state index >= 15 is 0 Å². The van der Waals surface area contributed by atoms with Crippen LogP contribution in [0.15, 0.2) is 30.6 Å². The van der Waals surface area contributed by atoms with E-state index in [1.165, 1.54) is 0 Å². The zero-order chi connectivity index (χ0) is 21.5. The lowest BCUT2D eigenvalue weighted by atomic mass is 10.1. The smallest absolute Gasteiger partial charge is 0.254 e. The number of carbonyl (C=O) groups excluding carboxylic acids is 1. The number of hydrogen-bond donors (Lipinski definition) is 0. The van der Waals surface area contributed by atoms with E-state index < -0.39 is 0 Å². The molecule has 31 heavy (non-hydrogen) atoms. The van der Waals surface area contributed by atoms with Crippen LogP contribution in [-0.2, 0) is 0 Å². The number of benzene rings is 1. The molecule has 4 heterocycles. The summed E-state index contributed by atoms with van der Waals surface area (Å²) in [4.78, 5) is 30.7. The Morgan fingerprint density at radius 3 is 2.42 bits per heavy atom. The Morgan fingerprint density at radius 1 is 0.935 bits per heavy atom. The number of hydrogen-bond acceptors (Lipinski definition) is 8. The fourth-order valence-electron chi connectivity index (χ4n) is 3.79. The van der Waals surface area contributed by atoms with Gasteiger partial charge in [0.15, 0.2) is 0 Å². The molecule has 0 unspecified atom stereocenters. The molecule has 1 aliphatic heterocycles. The number of nitrogens with zero attached hydrogens (tertiary/aromatic N) is 8. The number of anilines is 1. The Bertz CT molecular complexity index is 1270. The van der Waals surface area contributed by atoms with Crippen molar-refractivity contribution in [2.45, 2.75) is 20.8 Å². The topological polar surface area (TPSA) is 92.9 Å². The summed E-state index contributed by atoms with van der Waals surface area (Å²) in [6, 6.07) is 7.49. The van der Waals surface area contributed by atoms with E-state index in [4.69, 9.17) is 0 Å². The van der Waals surface area contributed by atoms with Crippen LogP contribution in [0.1, 0.15) is 27.6 Å². The number of fused-ring (bicyclic) bond motifs is 1. The maximum absolute atomic E-state index is 13.0. The van der Waals surface area contributed by atoms with Crippen LogP contribution < -0.4 is 4.90 Å². The molecule has 0 saturated carbocycles. The van der Waals surface area contributed by atoms with Crippen LogP contribution in [0.5, 0.6) is 0 Å². The predicted molar refractivity (Wildman–Crippen MR) is 119 cm³/mol. The highest BCUT2D eigenvalue weighted by Gasteiger charge is 2.24. The zero-order valence-corrected chi connectivity index (χ0v) is 18.4. The molecule has 158 valence electrons. The van der Waals surface area contributed by atoms with Crippen molar-refractivity contribution in [3.8, 4) is 5.82 Å². The Balaban J connectivity index is 1.32. The van der Waals surface area contributed by atoms with Gasteiger partial charge >= 0.3 is 0 Å². The molecule has 4 aromatic rings. The number of piperazine rings is 1. The molecule has 3 aromatic heterocycles. The maximum atomic E-state index is 13.0. The van der Waals surface area contributed by atoms with Gasteiger partial charge in [-0.25, -0.2) is 15.0 Å². The molecule has 0 spiro atoms. The van der Waals surface area contributed by atoms with E-state index in [1.54, 1.807) is 6.33 Å². The van der Waals surface area contributed by atoms with Gasteiger partial charge in [-0.2, -0.15) is 8.75 Å². The lowest BCUT2D eigenvalue weighted by Gasteiger charge is -2.35. The molecule has 0 radical (unpaired) electrons. The number of rotatable bonds is 3. The zero-order valence-electron chi connectivity index (χ0n) is 17.6. The minimum atomic E-state index is 0.0265. The summed E-state index contributed by atoms with van der Waals surface area (Å²) in [7, 11) is 0. The summed E-state index contributed by atoms with van der Waals surface area (Å²) in [5, 5.41) is 0. The van der Waals surface area contributed by atoms with Crippen LogP contribution in [0.3, 0.4) is 0 Å². The second-order valence-electron chi connectivity index (χ2n) is 7.66. The summed E-state index contributed by atoms with van der Waals surface area (Å²) >= 11 is 1.16. The van der Waals surface area contributed by atoms with Gasteiger partial charge < -0.3 is 9.80 Å². The number of aryl methyl sites for hydroxylation is 2. The van der Waals surface area contributed by atoms with Gasteiger partial charge in [0.05, 0.1) is 17.4 Å². The van der Waals surface area contributed by atoms with Crippen LogP contribution >= 0.6 is 11.7 Å². The van der Waals surface area contributed by atoms with E-state index in [1.807, 2.05) is 54.5 Å². The number of imidazole rings is 1. The first-order valence-corrected chi connectivity index (χ1v) is 10.9. The summed E-state index contributed by atoms with van der Waals surface area (Å²) in [5.41, 5.74) is 4.29. The summed E-state index contributed by atoms with van der Waals surface area (Å²) in [6.07, 6.45) is 1.79. The van der Waals surface area contributed by atoms with Gasteiger partial charge in [-0.15, -0.1) is 0 Å². The van der Waals surface area contributed by atoms with E-state index in [2.05, 4.69) is 28.6 Å². The van der Waals surface area contributed by atoms with E-state index in [0.29, 0.717) is 37.6 Å². The minimum absolute atomic E-state index is 0.0265. The van der Waals surface area contributed by atoms with Crippen LogP contribution in [-0.4, -0.2) is 65.3 Å².